The lowest BCUT2D eigenvalue weighted by Gasteiger charge is -2.11. The fraction of sp³-hybridized carbons (Fsp3) is 0.0556. The molecule has 4 rings (SSSR count). The van der Waals surface area contributed by atoms with E-state index >= 15 is 0 Å². The molecule has 0 fully saturated rings. The first-order valence-electron chi connectivity index (χ1n) is 7.65. The van der Waals surface area contributed by atoms with Gasteiger partial charge in [-0.25, -0.2) is 4.68 Å². The van der Waals surface area contributed by atoms with E-state index < -0.39 is 16.5 Å². The lowest BCUT2D eigenvalue weighted by Crippen LogP contribution is -2.32. The first-order valence-corrected chi connectivity index (χ1v) is 8.03. The molecule has 0 bridgehead atoms. The lowest BCUT2D eigenvalue weighted by molar-refractivity contribution is 0.411. The second kappa shape index (κ2) is 5.89. The highest BCUT2D eigenvalue weighted by atomic mass is 35.5. The second-order valence-corrected chi connectivity index (χ2v) is 6.08. The first-order chi connectivity index (χ1) is 12.5. The number of pyridine rings is 1. The number of fused-ring (bicyclic) bond motifs is 2. The van der Waals surface area contributed by atoms with Gasteiger partial charge >= 0.3 is 0 Å². The summed E-state index contributed by atoms with van der Waals surface area (Å²) in [6, 6.07) is 11.3. The van der Waals surface area contributed by atoms with Crippen molar-refractivity contribution in [3.63, 3.8) is 0 Å². The molecule has 7 nitrogen and oxygen atoms in total. The molecule has 2 aromatic heterocycles. The molecule has 0 spiro atoms. The summed E-state index contributed by atoms with van der Waals surface area (Å²) in [6.45, 7) is 0. The number of nitrogens with one attached hydrogen (secondary N) is 2. The molecule has 8 heteroatoms. The van der Waals surface area contributed by atoms with Crippen molar-refractivity contribution in [2.75, 3.05) is 7.11 Å². The van der Waals surface area contributed by atoms with E-state index in [1.54, 1.807) is 30.3 Å². The molecule has 2 N–H and O–H groups in total. The minimum Gasteiger partial charge on any atom is -0.494 e. The third kappa shape index (κ3) is 2.33. The van der Waals surface area contributed by atoms with Crippen molar-refractivity contribution < 1.29 is 4.74 Å². The fourth-order valence-electron chi connectivity index (χ4n) is 2.94. The van der Waals surface area contributed by atoms with Crippen molar-refractivity contribution in [1.82, 2.24) is 14.8 Å². The van der Waals surface area contributed by atoms with E-state index in [1.807, 2.05) is 0 Å². The van der Waals surface area contributed by atoms with Crippen LogP contribution in [0, 0.1) is 0 Å². The average Bonchev–Trinajstić information content (AvgIpc) is 2.64. The highest BCUT2D eigenvalue weighted by Gasteiger charge is 2.17. The van der Waals surface area contributed by atoms with Gasteiger partial charge in [-0.3, -0.25) is 19.5 Å². The lowest BCUT2D eigenvalue weighted by atomic mass is 10.1. The maximum atomic E-state index is 13.0. The Morgan fingerprint density at radius 3 is 2.62 bits per heavy atom. The van der Waals surface area contributed by atoms with Gasteiger partial charge in [-0.15, -0.1) is 0 Å². The van der Waals surface area contributed by atoms with Crippen molar-refractivity contribution in [2.24, 2.45) is 0 Å². The smallest absolute Gasteiger partial charge is 0.287 e. The summed E-state index contributed by atoms with van der Waals surface area (Å²) in [5.74, 6) is 0.383. The van der Waals surface area contributed by atoms with Crippen LogP contribution in [0.25, 0.3) is 27.5 Å². The molecule has 0 aliphatic heterocycles. The minimum absolute atomic E-state index is 0.0964. The Labute approximate surface area is 150 Å². The molecule has 0 unspecified atom stereocenters. The van der Waals surface area contributed by atoms with Crippen LogP contribution in [0.15, 0.2) is 56.8 Å². The molecule has 0 radical (unpaired) electrons. The zero-order valence-corrected chi connectivity index (χ0v) is 14.3. The monoisotopic (exact) mass is 369 g/mol. The number of methoxy groups -OCH3 is 1. The quantitative estimate of drug-likeness (QED) is 0.529. The molecule has 2 heterocycles. The first kappa shape index (κ1) is 16.2. The molecule has 0 aliphatic rings. The zero-order chi connectivity index (χ0) is 18.4. The topological polar surface area (TPSA) is 96.9 Å². The molecular weight excluding hydrogens is 358 g/mol. The van der Waals surface area contributed by atoms with Crippen LogP contribution in [-0.4, -0.2) is 21.9 Å². The van der Waals surface area contributed by atoms with Gasteiger partial charge in [-0.2, -0.15) is 0 Å². The number of rotatable bonds is 2. The summed E-state index contributed by atoms with van der Waals surface area (Å²) < 4.78 is 6.25. The standard InChI is InChI=1S/C18H12ClN3O4/c1-26-13-5-3-2-4-12(13)22-18(25)14-15(17(24)21-22)20-11-8-9(19)6-7-10(11)16(14)23/h2-8H,1H3,(H,20,23)(H,21,24). The summed E-state index contributed by atoms with van der Waals surface area (Å²) >= 11 is 5.94. The Hall–Kier alpha value is -3.32. The summed E-state index contributed by atoms with van der Waals surface area (Å²) in [7, 11) is 1.45. The summed E-state index contributed by atoms with van der Waals surface area (Å²) in [5, 5.41) is 2.94. The Kier molecular flexibility index (Phi) is 3.66. The van der Waals surface area contributed by atoms with Gasteiger partial charge in [0, 0.05) is 10.4 Å². The van der Waals surface area contributed by atoms with Crippen molar-refractivity contribution >= 4 is 33.4 Å². The van der Waals surface area contributed by atoms with Crippen LogP contribution in [0.3, 0.4) is 0 Å². The van der Waals surface area contributed by atoms with Gasteiger partial charge in [0.05, 0.1) is 12.6 Å². The van der Waals surface area contributed by atoms with Gasteiger partial charge in [-0.05, 0) is 30.3 Å². The number of aromatic amines is 2. The maximum Gasteiger partial charge on any atom is 0.287 e. The highest BCUT2D eigenvalue weighted by Crippen LogP contribution is 2.20. The zero-order valence-electron chi connectivity index (χ0n) is 13.5. The number of hydrogen-bond acceptors (Lipinski definition) is 4. The van der Waals surface area contributed by atoms with Crippen LogP contribution < -0.4 is 21.3 Å². The van der Waals surface area contributed by atoms with E-state index in [4.69, 9.17) is 16.3 Å². The number of nitrogens with zero attached hydrogens (tertiary/aromatic N) is 1. The molecule has 0 saturated heterocycles. The molecule has 0 saturated carbocycles. The molecule has 2 aromatic carbocycles. The van der Waals surface area contributed by atoms with E-state index in [9.17, 15) is 14.4 Å². The van der Waals surface area contributed by atoms with Gasteiger partial charge in [0.25, 0.3) is 11.1 Å². The number of H-pyrrole nitrogens is 2. The van der Waals surface area contributed by atoms with Crippen LogP contribution >= 0.6 is 11.6 Å². The van der Waals surface area contributed by atoms with Gasteiger partial charge < -0.3 is 9.72 Å². The van der Waals surface area contributed by atoms with Crippen molar-refractivity contribution in [3.8, 4) is 11.4 Å². The van der Waals surface area contributed by atoms with Crippen molar-refractivity contribution in [1.29, 1.82) is 0 Å². The molecule has 0 amide bonds. The average molecular weight is 370 g/mol. The van der Waals surface area contributed by atoms with Crippen molar-refractivity contribution in [3.05, 3.63) is 78.4 Å². The van der Waals surface area contributed by atoms with E-state index in [-0.39, 0.29) is 16.3 Å². The number of hydrogen-bond donors (Lipinski definition) is 2. The highest BCUT2D eigenvalue weighted by molar-refractivity contribution is 6.31. The number of halogens is 1. The maximum absolute atomic E-state index is 13.0. The Morgan fingerprint density at radius 1 is 1.08 bits per heavy atom. The molecule has 0 atom stereocenters. The van der Waals surface area contributed by atoms with Crippen LogP contribution in [-0.2, 0) is 0 Å². The van der Waals surface area contributed by atoms with E-state index in [1.165, 1.54) is 19.2 Å². The van der Waals surface area contributed by atoms with E-state index in [2.05, 4.69) is 10.1 Å². The second-order valence-electron chi connectivity index (χ2n) is 5.65. The summed E-state index contributed by atoms with van der Waals surface area (Å²) in [4.78, 5) is 41.2. The van der Waals surface area contributed by atoms with E-state index in [0.717, 1.165) is 4.68 Å². The van der Waals surface area contributed by atoms with Crippen LogP contribution in [0.4, 0.5) is 0 Å². The van der Waals surface area contributed by atoms with Crippen LogP contribution in [0.5, 0.6) is 5.75 Å². The minimum atomic E-state index is -0.651. The van der Waals surface area contributed by atoms with E-state index in [0.29, 0.717) is 22.0 Å². The summed E-state index contributed by atoms with van der Waals surface area (Å²) in [6.07, 6.45) is 0. The van der Waals surface area contributed by atoms with Gasteiger partial charge in [0.2, 0.25) is 5.43 Å². The third-order valence-electron chi connectivity index (χ3n) is 4.15. The molecule has 0 aliphatic carbocycles. The number of aromatic nitrogens is 3. The predicted octanol–water partition coefficient (Wildman–Crippen LogP) is 2.18. The van der Waals surface area contributed by atoms with Gasteiger partial charge in [-0.1, -0.05) is 23.7 Å². The largest absolute Gasteiger partial charge is 0.494 e. The Bertz CT molecular complexity index is 1350. The van der Waals surface area contributed by atoms with Gasteiger partial charge in [0.1, 0.15) is 22.3 Å². The Morgan fingerprint density at radius 2 is 1.85 bits per heavy atom. The van der Waals surface area contributed by atoms with Crippen LogP contribution in [0.1, 0.15) is 0 Å². The normalized spacial score (nSPS) is 11.2. The predicted molar refractivity (Wildman–Crippen MR) is 99.9 cm³/mol. The number of benzene rings is 2. The summed E-state index contributed by atoms with van der Waals surface area (Å²) in [5.41, 5.74) is -1.18. The Balaban J connectivity index is 2.19. The molecular formula is C18H12ClN3O4. The van der Waals surface area contributed by atoms with Gasteiger partial charge in [0.15, 0.2) is 0 Å². The molecule has 26 heavy (non-hydrogen) atoms. The SMILES string of the molecule is COc1ccccc1-n1[nH]c(=O)c2[nH]c3cc(Cl)ccc3c(=O)c2c1=O. The molecule has 4 aromatic rings. The van der Waals surface area contributed by atoms with Crippen LogP contribution in [0.2, 0.25) is 5.02 Å². The van der Waals surface area contributed by atoms with Crippen molar-refractivity contribution in [2.45, 2.75) is 0 Å². The number of ether oxygens (including phenoxy) is 1. The fourth-order valence-corrected chi connectivity index (χ4v) is 3.11. The third-order valence-corrected chi connectivity index (χ3v) is 4.38. The number of para-hydroxylation sites is 2. The molecule has 130 valence electrons.